The highest BCUT2D eigenvalue weighted by Crippen LogP contribution is 2.41. The van der Waals surface area contributed by atoms with Crippen molar-refractivity contribution in [2.75, 3.05) is 13.7 Å². The Morgan fingerprint density at radius 2 is 1.93 bits per heavy atom. The SMILES string of the molecule is COCCC(=O)N[C@@H]1C[C@H](c2ccc(Oc3ncccn3)cc2)O[C@@H]2CCCC[C@@H]12. The standard InChI is InChI=1S/C23H29N3O4/c1-28-14-11-22(27)26-19-15-21(30-20-6-3-2-5-18(19)20)16-7-9-17(10-8-16)29-23-24-12-4-13-25-23/h4,7-10,12-13,18-21H,2-3,5-6,11,14-15H2,1H3,(H,26,27)/t18-,19+,20+,21+/m0/s1. The number of aromatic nitrogens is 2. The lowest BCUT2D eigenvalue weighted by Gasteiger charge is -2.45. The quantitative estimate of drug-likeness (QED) is 0.746. The van der Waals surface area contributed by atoms with E-state index in [0.29, 0.717) is 30.7 Å². The van der Waals surface area contributed by atoms with Crippen LogP contribution in [0, 0.1) is 5.92 Å². The predicted molar refractivity (Wildman–Crippen MR) is 111 cm³/mol. The molecule has 160 valence electrons. The maximum Gasteiger partial charge on any atom is 0.321 e. The number of ether oxygens (including phenoxy) is 3. The molecule has 1 aliphatic heterocycles. The van der Waals surface area contributed by atoms with E-state index in [4.69, 9.17) is 14.2 Å². The molecule has 2 aliphatic rings. The lowest BCUT2D eigenvalue weighted by molar-refractivity contribution is -0.133. The molecule has 1 saturated carbocycles. The molecule has 0 unspecified atom stereocenters. The number of carbonyl (C=O) groups excluding carboxylic acids is 1. The third-order valence-corrected chi connectivity index (χ3v) is 5.96. The first-order valence-corrected chi connectivity index (χ1v) is 10.7. The number of rotatable bonds is 7. The molecule has 4 atom stereocenters. The van der Waals surface area contributed by atoms with Gasteiger partial charge in [0.25, 0.3) is 0 Å². The molecule has 1 amide bonds. The van der Waals surface area contributed by atoms with Crippen molar-refractivity contribution in [3.63, 3.8) is 0 Å². The first kappa shape index (κ1) is 20.8. The molecule has 1 saturated heterocycles. The molecule has 30 heavy (non-hydrogen) atoms. The number of methoxy groups -OCH3 is 1. The minimum absolute atomic E-state index is 0.0425. The summed E-state index contributed by atoms with van der Waals surface area (Å²) in [7, 11) is 1.62. The Bertz CT molecular complexity index is 815. The van der Waals surface area contributed by atoms with Crippen LogP contribution in [0.1, 0.15) is 50.2 Å². The van der Waals surface area contributed by atoms with Gasteiger partial charge in [-0.15, -0.1) is 0 Å². The summed E-state index contributed by atoms with van der Waals surface area (Å²) in [5.74, 6) is 1.12. The third kappa shape index (κ3) is 5.15. The van der Waals surface area contributed by atoms with Crippen LogP contribution in [0.15, 0.2) is 42.7 Å². The van der Waals surface area contributed by atoms with Crippen molar-refractivity contribution in [3.05, 3.63) is 48.3 Å². The van der Waals surface area contributed by atoms with Gasteiger partial charge >= 0.3 is 6.01 Å². The van der Waals surface area contributed by atoms with Gasteiger partial charge in [-0.1, -0.05) is 25.0 Å². The van der Waals surface area contributed by atoms with Crippen LogP contribution in [0.3, 0.4) is 0 Å². The summed E-state index contributed by atoms with van der Waals surface area (Å²) in [5, 5.41) is 3.26. The van der Waals surface area contributed by atoms with E-state index >= 15 is 0 Å². The normalized spacial score (nSPS) is 25.9. The molecule has 0 spiro atoms. The third-order valence-electron chi connectivity index (χ3n) is 5.96. The fraction of sp³-hybridized carbons (Fsp3) is 0.522. The number of benzene rings is 1. The van der Waals surface area contributed by atoms with Crippen molar-refractivity contribution in [2.24, 2.45) is 5.92 Å². The zero-order valence-electron chi connectivity index (χ0n) is 17.3. The van der Waals surface area contributed by atoms with Crippen LogP contribution in [0.4, 0.5) is 0 Å². The van der Waals surface area contributed by atoms with Gasteiger partial charge in [0, 0.05) is 37.9 Å². The van der Waals surface area contributed by atoms with E-state index in [2.05, 4.69) is 15.3 Å². The lowest BCUT2D eigenvalue weighted by atomic mass is 9.76. The molecule has 7 heteroatoms. The molecule has 7 nitrogen and oxygen atoms in total. The van der Waals surface area contributed by atoms with E-state index in [9.17, 15) is 4.79 Å². The van der Waals surface area contributed by atoms with Gasteiger partial charge in [0.15, 0.2) is 0 Å². The molecule has 1 N–H and O–H groups in total. The molecule has 1 aromatic carbocycles. The van der Waals surface area contributed by atoms with Gasteiger partial charge in [-0.25, -0.2) is 9.97 Å². The molecule has 0 bridgehead atoms. The summed E-state index contributed by atoms with van der Waals surface area (Å²) in [5.41, 5.74) is 1.09. The Balaban J connectivity index is 1.44. The topological polar surface area (TPSA) is 82.6 Å². The Hall–Kier alpha value is -2.51. The smallest absolute Gasteiger partial charge is 0.321 e. The van der Waals surface area contributed by atoms with Crippen LogP contribution in [-0.2, 0) is 14.3 Å². The van der Waals surface area contributed by atoms with Gasteiger partial charge in [0.1, 0.15) is 5.75 Å². The molecule has 1 aromatic heterocycles. The average Bonchev–Trinajstić information content (AvgIpc) is 2.79. The second-order valence-electron chi connectivity index (χ2n) is 7.97. The minimum Gasteiger partial charge on any atom is -0.424 e. The van der Waals surface area contributed by atoms with Crippen molar-refractivity contribution in [1.82, 2.24) is 15.3 Å². The van der Waals surface area contributed by atoms with Gasteiger partial charge in [-0.2, -0.15) is 0 Å². The summed E-state index contributed by atoms with van der Waals surface area (Å²) >= 11 is 0. The number of fused-ring (bicyclic) bond motifs is 1. The van der Waals surface area contributed by atoms with E-state index in [1.807, 2.05) is 24.3 Å². The predicted octanol–water partition coefficient (Wildman–Crippen LogP) is 3.81. The number of amides is 1. The van der Waals surface area contributed by atoms with Gasteiger partial charge in [-0.05, 0) is 43.0 Å². The number of nitrogens with zero attached hydrogens (tertiary/aromatic N) is 2. The maximum atomic E-state index is 12.3. The fourth-order valence-electron chi connectivity index (χ4n) is 4.48. The second-order valence-corrected chi connectivity index (χ2v) is 7.97. The Morgan fingerprint density at radius 3 is 2.70 bits per heavy atom. The number of hydrogen-bond donors (Lipinski definition) is 1. The highest BCUT2D eigenvalue weighted by molar-refractivity contribution is 5.76. The van der Waals surface area contributed by atoms with Crippen molar-refractivity contribution >= 4 is 5.91 Å². The molecule has 2 aromatic rings. The highest BCUT2D eigenvalue weighted by Gasteiger charge is 2.40. The van der Waals surface area contributed by atoms with Crippen molar-refractivity contribution in [1.29, 1.82) is 0 Å². The van der Waals surface area contributed by atoms with Crippen molar-refractivity contribution in [3.8, 4) is 11.8 Å². The molecule has 0 radical (unpaired) electrons. The Kier molecular flexibility index (Phi) is 6.92. The maximum absolute atomic E-state index is 12.3. The highest BCUT2D eigenvalue weighted by atomic mass is 16.5. The zero-order valence-corrected chi connectivity index (χ0v) is 17.3. The Labute approximate surface area is 177 Å². The second kappa shape index (κ2) is 10.00. The summed E-state index contributed by atoms with van der Waals surface area (Å²) in [6.45, 7) is 0.444. The van der Waals surface area contributed by atoms with Crippen LogP contribution in [0.2, 0.25) is 0 Å². The molecular formula is C23H29N3O4. The van der Waals surface area contributed by atoms with Gasteiger partial charge in [0.2, 0.25) is 5.91 Å². The monoisotopic (exact) mass is 411 g/mol. The number of hydrogen-bond acceptors (Lipinski definition) is 6. The molecule has 4 rings (SSSR count). The fourth-order valence-corrected chi connectivity index (χ4v) is 4.48. The molecule has 2 fully saturated rings. The average molecular weight is 412 g/mol. The lowest BCUT2D eigenvalue weighted by Crippen LogP contribution is -2.51. The van der Waals surface area contributed by atoms with Crippen LogP contribution in [-0.4, -0.2) is 41.7 Å². The zero-order chi connectivity index (χ0) is 20.8. The summed E-state index contributed by atoms with van der Waals surface area (Å²) in [4.78, 5) is 20.5. The van der Waals surface area contributed by atoms with Crippen molar-refractivity contribution < 1.29 is 19.0 Å². The Morgan fingerprint density at radius 1 is 1.17 bits per heavy atom. The number of carbonyl (C=O) groups is 1. The van der Waals surface area contributed by atoms with E-state index in [1.54, 1.807) is 25.6 Å². The molecular weight excluding hydrogens is 382 g/mol. The van der Waals surface area contributed by atoms with Crippen LogP contribution >= 0.6 is 0 Å². The first-order chi connectivity index (χ1) is 14.7. The summed E-state index contributed by atoms with van der Waals surface area (Å²) in [6, 6.07) is 10.1. The minimum atomic E-state index is -0.0425. The van der Waals surface area contributed by atoms with Crippen molar-refractivity contribution in [2.45, 2.75) is 56.8 Å². The van der Waals surface area contributed by atoms with Crippen LogP contribution < -0.4 is 10.1 Å². The molecule has 2 heterocycles. The van der Waals surface area contributed by atoms with Gasteiger partial charge in [0.05, 0.1) is 18.8 Å². The van der Waals surface area contributed by atoms with Gasteiger partial charge in [-0.3, -0.25) is 4.79 Å². The van der Waals surface area contributed by atoms with E-state index in [-0.39, 0.29) is 24.2 Å². The van der Waals surface area contributed by atoms with Gasteiger partial charge < -0.3 is 19.5 Å². The number of nitrogens with one attached hydrogen (secondary N) is 1. The van der Waals surface area contributed by atoms with Crippen LogP contribution in [0.25, 0.3) is 0 Å². The summed E-state index contributed by atoms with van der Waals surface area (Å²) in [6.07, 6.45) is 9.16. The van der Waals surface area contributed by atoms with E-state index in [0.717, 1.165) is 24.8 Å². The summed E-state index contributed by atoms with van der Waals surface area (Å²) < 4.78 is 17.2. The van der Waals surface area contributed by atoms with Crippen LogP contribution in [0.5, 0.6) is 11.8 Å². The first-order valence-electron chi connectivity index (χ1n) is 10.7. The molecule has 1 aliphatic carbocycles. The van der Waals surface area contributed by atoms with E-state index in [1.165, 1.54) is 12.8 Å². The van der Waals surface area contributed by atoms with E-state index < -0.39 is 0 Å². The largest absolute Gasteiger partial charge is 0.424 e.